The van der Waals surface area contributed by atoms with Crippen molar-refractivity contribution in [3.63, 3.8) is 0 Å². The quantitative estimate of drug-likeness (QED) is 0.880. The van der Waals surface area contributed by atoms with Crippen LogP contribution in [0.25, 0.3) is 5.69 Å². The number of hydrogen-bond acceptors (Lipinski definition) is 1. The summed E-state index contributed by atoms with van der Waals surface area (Å²) in [6.07, 6.45) is 5.18. The number of benzene rings is 1. The average molecular weight is 242 g/mol. The molecule has 0 fully saturated rings. The van der Waals surface area contributed by atoms with Gasteiger partial charge in [0.15, 0.2) is 0 Å². The predicted molar refractivity (Wildman–Crippen MR) is 77.2 cm³/mol. The van der Waals surface area contributed by atoms with Crippen LogP contribution in [0.2, 0.25) is 0 Å². The van der Waals surface area contributed by atoms with Crippen molar-refractivity contribution in [3.05, 3.63) is 53.9 Å². The summed E-state index contributed by atoms with van der Waals surface area (Å²) >= 11 is 0. The van der Waals surface area contributed by atoms with Gasteiger partial charge in [0.05, 0.1) is 0 Å². The van der Waals surface area contributed by atoms with Crippen molar-refractivity contribution in [2.45, 2.75) is 32.6 Å². The van der Waals surface area contributed by atoms with Gasteiger partial charge in [0, 0.05) is 18.1 Å². The minimum atomic E-state index is 0.208. The third-order valence-corrected chi connectivity index (χ3v) is 3.22. The van der Waals surface area contributed by atoms with Crippen molar-refractivity contribution in [2.75, 3.05) is 6.54 Å². The maximum Gasteiger partial charge on any atom is 0.0449 e. The summed E-state index contributed by atoms with van der Waals surface area (Å²) in [6, 6.07) is 10.9. The Morgan fingerprint density at radius 2 is 1.72 bits per heavy atom. The molecule has 2 aromatic rings. The number of hydrogen-bond donors (Lipinski definition) is 1. The van der Waals surface area contributed by atoms with E-state index in [9.17, 15) is 0 Å². The number of rotatable bonds is 3. The third kappa shape index (κ3) is 2.82. The van der Waals surface area contributed by atoms with Crippen molar-refractivity contribution < 1.29 is 0 Å². The second kappa shape index (κ2) is 4.99. The van der Waals surface area contributed by atoms with E-state index in [4.69, 9.17) is 5.73 Å². The van der Waals surface area contributed by atoms with Gasteiger partial charge in [0.2, 0.25) is 0 Å². The monoisotopic (exact) mass is 242 g/mol. The lowest BCUT2D eigenvalue weighted by Gasteiger charge is -2.19. The van der Waals surface area contributed by atoms with Crippen LogP contribution >= 0.6 is 0 Å². The molecule has 0 aliphatic heterocycles. The van der Waals surface area contributed by atoms with Crippen LogP contribution in [0.5, 0.6) is 0 Å². The highest BCUT2D eigenvalue weighted by molar-refractivity contribution is 5.38. The first kappa shape index (κ1) is 12.9. The van der Waals surface area contributed by atoms with Crippen LogP contribution in [0.15, 0.2) is 42.7 Å². The average Bonchev–Trinajstić information content (AvgIpc) is 2.77. The standard InChI is InChI=1S/C16H22N2/c1-16(2,3)14-4-6-15(7-5-14)18-11-9-13(12-18)8-10-17/h4-7,9,11-12H,8,10,17H2,1-3H3. The Bertz CT molecular complexity index is 501. The van der Waals surface area contributed by atoms with Gasteiger partial charge in [0.1, 0.15) is 0 Å². The Balaban J connectivity index is 2.23. The summed E-state index contributed by atoms with van der Waals surface area (Å²) in [6.45, 7) is 7.40. The summed E-state index contributed by atoms with van der Waals surface area (Å²) < 4.78 is 2.15. The number of nitrogens with zero attached hydrogens (tertiary/aromatic N) is 1. The first-order chi connectivity index (χ1) is 8.50. The molecule has 2 N–H and O–H groups in total. The van der Waals surface area contributed by atoms with Gasteiger partial charge in [-0.2, -0.15) is 0 Å². The fourth-order valence-corrected chi connectivity index (χ4v) is 2.05. The molecule has 0 saturated carbocycles. The summed E-state index contributed by atoms with van der Waals surface area (Å²) in [5.74, 6) is 0. The molecule has 0 radical (unpaired) electrons. The maximum absolute atomic E-state index is 5.57. The van der Waals surface area contributed by atoms with Gasteiger partial charge in [-0.1, -0.05) is 32.9 Å². The molecule has 0 aliphatic rings. The SMILES string of the molecule is CC(C)(C)c1ccc(-n2ccc(CCN)c2)cc1. The van der Waals surface area contributed by atoms with Crippen molar-refractivity contribution in [2.24, 2.45) is 5.73 Å². The third-order valence-electron chi connectivity index (χ3n) is 3.22. The Morgan fingerprint density at radius 3 is 2.28 bits per heavy atom. The first-order valence-corrected chi connectivity index (χ1v) is 6.48. The Morgan fingerprint density at radius 1 is 1.06 bits per heavy atom. The van der Waals surface area contributed by atoms with E-state index in [-0.39, 0.29) is 5.41 Å². The van der Waals surface area contributed by atoms with Crippen molar-refractivity contribution >= 4 is 0 Å². The van der Waals surface area contributed by atoms with E-state index in [1.54, 1.807) is 0 Å². The van der Waals surface area contributed by atoms with Crippen molar-refractivity contribution in [1.82, 2.24) is 4.57 Å². The van der Waals surface area contributed by atoms with Gasteiger partial charge in [-0.15, -0.1) is 0 Å². The van der Waals surface area contributed by atoms with E-state index in [0.717, 1.165) is 6.42 Å². The molecule has 0 saturated heterocycles. The zero-order valence-electron chi connectivity index (χ0n) is 11.5. The van der Waals surface area contributed by atoms with Crippen molar-refractivity contribution in [1.29, 1.82) is 0 Å². The van der Waals surface area contributed by atoms with Crippen LogP contribution in [-0.4, -0.2) is 11.1 Å². The zero-order valence-corrected chi connectivity index (χ0v) is 11.5. The normalized spacial score (nSPS) is 11.8. The Kier molecular flexibility index (Phi) is 3.58. The highest BCUT2D eigenvalue weighted by atomic mass is 14.9. The van der Waals surface area contributed by atoms with Gasteiger partial charge in [0.25, 0.3) is 0 Å². The lowest BCUT2D eigenvalue weighted by molar-refractivity contribution is 0.590. The molecule has 0 amide bonds. The molecule has 1 aromatic heterocycles. The molecule has 2 rings (SSSR count). The highest BCUT2D eigenvalue weighted by Gasteiger charge is 2.12. The second-order valence-electron chi connectivity index (χ2n) is 5.76. The molecule has 1 heterocycles. The van der Waals surface area contributed by atoms with Crippen LogP contribution in [0.1, 0.15) is 31.9 Å². The fourth-order valence-electron chi connectivity index (χ4n) is 2.05. The molecular weight excluding hydrogens is 220 g/mol. The highest BCUT2D eigenvalue weighted by Crippen LogP contribution is 2.23. The lowest BCUT2D eigenvalue weighted by atomic mass is 9.87. The van der Waals surface area contributed by atoms with E-state index in [1.165, 1.54) is 16.8 Å². The van der Waals surface area contributed by atoms with E-state index in [0.29, 0.717) is 6.54 Å². The minimum Gasteiger partial charge on any atom is -0.330 e. The molecule has 0 atom stereocenters. The number of aromatic nitrogens is 1. The van der Waals surface area contributed by atoms with E-state index in [2.05, 4.69) is 68.1 Å². The molecule has 0 aliphatic carbocycles. The van der Waals surface area contributed by atoms with Gasteiger partial charge < -0.3 is 10.3 Å². The van der Waals surface area contributed by atoms with Gasteiger partial charge in [-0.25, -0.2) is 0 Å². The summed E-state index contributed by atoms with van der Waals surface area (Å²) in [5, 5.41) is 0. The lowest BCUT2D eigenvalue weighted by Crippen LogP contribution is -2.10. The smallest absolute Gasteiger partial charge is 0.0449 e. The Labute approximate surface area is 109 Å². The van der Waals surface area contributed by atoms with Crippen LogP contribution in [0.3, 0.4) is 0 Å². The number of nitrogens with two attached hydrogens (primary N) is 1. The molecular formula is C16H22N2. The van der Waals surface area contributed by atoms with Crippen LogP contribution in [-0.2, 0) is 11.8 Å². The van der Waals surface area contributed by atoms with E-state index >= 15 is 0 Å². The van der Waals surface area contributed by atoms with Gasteiger partial charge in [-0.3, -0.25) is 0 Å². The molecule has 18 heavy (non-hydrogen) atoms. The predicted octanol–water partition coefficient (Wildman–Crippen LogP) is 3.28. The van der Waals surface area contributed by atoms with E-state index in [1.807, 2.05) is 0 Å². The Hall–Kier alpha value is -1.54. The second-order valence-corrected chi connectivity index (χ2v) is 5.76. The van der Waals surface area contributed by atoms with Gasteiger partial charge in [-0.05, 0) is 47.7 Å². The maximum atomic E-state index is 5.57. The molecule has 0 spiro atoms. The molecule has 96 valence electrons. The minimum absolute atomic E-state index is 0.208. The topological polar surface area (TPSA) is 30.9 Å². The molecule has 1 aromatic carbocycles. The van der Waals surface area contributed by atoms with Crippen LogP contribution in [0, 0.1) is 0 Å². The first-order valence-electron chi connectivity index (χ1n) is 6.48. The fraction of sp³-hybridized carbons (Fsp3) is 0.375. The summed E-state index contributed by atoms with van der Waals surface area (Å²) in [5.41, 5.74) is 9.63. The zero-order chi connectivity index (χ0) is 13.2. The molecule has 0 unspecified atom stereocenters. The summed E-state index contributed by atoms with van der Waals surface area (Å²) in [4.78, 5) is 0. The van der Waals surface area contributed by atoms with E-state index < -0.39 is 0 Å². The van der Waals surface area contributed by atoms with Crippen molar-refractivity contribution in [3.8, 4) is 5.69 Å². The van der Waals surface area contributed by atoms with Crippen LogP contribution < -0.4 is 5.73 Å². The van der Waals surface area contributed by atoms with Crippen LogP contribution in [0.4, 0.5) is 0 Å². The van der Waals surface area contributed by atoms with Gasteiger partial charge >= 0.3 is 0 Å². The molecule has 0 bridgehead atoms. The summed E-state index contributed by atoms with van der Waals surface area (Å²) in [7, 11) is 0. The molecule has 2 heteroatoms. The largest absolute Gasteiger partial charge is 0.330 e. The molecule has 2 nitrogen and oxygen atoms in total.